The van der Waals surface area contributed by atoms with Gasteiger partial charge in [-0.1, -0.05) is 0 Å². The molecule has 1 heterocycles. The lowest BCUT2D eigenvalue weighted by atomic mass is 10.1. The Morgan fingerprint density at radius 3 is 2.38 bits per heavy atom. The Labute approximate surface area is 152 Å². The number of hydroxylamine groups is 2. The Morgan fingerprint density at radius 2 is 1.83 bits per heavy atom. The number of carbonyl (C=O) groups is 2. The summed E-state index contributed by atoms with van der Waals surface area (Å²) in [4.78, 5) is 29.1. The van der Waals surface area contributed by atoms with Gasteiger partial charge in [0.05, 0.1) is 31.5 Å². The number of rotatable bonds is 5. The minimum atomic E-state index is -0.573. The molecule has 0 spiro atoms. The normalized spacial score (nSPS) is 14.6. The SMILES string of the molecule is COc1cc(/C=C/C(=O)N2OCC=C(I)C2=O)cc(OC)c1OC. The molecule has 0 bridgehead atoms. The van der Waals surface area contributed by atoms with Gasteiger partial charge < -0.3 is 14.2 Å². The number of hydrogen-bond acceptors (Lipinski definition) is 6. The van der Waals surface area contributed by atoms with E-state index in [2.05, 4.69) is 0 Å². The molecule has 2 amide bonds. The van der Waals surface area contributed by atoms with Gasteiger partial charge in [0.2, 0.25) is 5.75 Å². The molecule has 0 aromatic heterocycles. The predicted octanol–water partition coefficient (Wildman–Crippen LogP) is 2.34. The summed E-state index contributed by atoms with van der Waals surface area (Å²) in [6, 6.07) is 3.38. The molecule has 0 aliphatic carbocycles. The highest BCUT2D eigenvalue weighted by atomic mass is 127. The van der Waals surface area contributed by atoms with Crippen molar-refractivity contribution in [2.45, 2.75) is 0 Å². The van der Waals surface area contributed by atoms with E-state index in [0.717, 1.165) is 5.06 Å². The molecule has 0 unspecified atom stereocenters. The van der Waals surface area contributed by atoms with E-state index in [-0.39, 0.29) is 6.61 Å². The summed E-state index contributed by atoms with van der Waals surface area (Å²) in [6.07, 6.45) is 4.39. The fourth-order valence-corrected chi connectivity index (χ4v) is 2.42. The molecule has 0 atom stereocenters. The summed E-state index contributed by atoms with van der Waals surface area (Å²) < 4.78 is 16.2. The fraction of sp³-hybridized carbons (Fsp3) is 0.250. The maximum atomic E-state index is 12.1. The number of methoxy groups -OCH3 is 3. The Morgan fingerprint density at radius 1 is 1.21 bits per heavy atom. The van der Waals surface area contributed by atoms with E-state index in [4.69, 9.17) is 19.0 Å². The van der Waals surface area contributed by atoms with Gasteiger partial charge in [-0.25, -0.2) is 0 Å². The average molecular weight is 445 g/mol. The van der Waals surface area contributed by atoms with E-state index in [0.29, 0.717) is 26.4 Å². The van der Waals surface area contributed by atoms with Crippen molar-refractivity contribution in [1.82, 2.24) is 5.06 Å². The molecule has 1 aliphatic heterocycles. The van der Waals surface area contributed by atoms with E-state index in [1.165, 1.54) is 33.5 Å². The van der Waals surface area contributed by atoms with Crippen molar-refractivity contribution in [3.05, 3.63) is 33.4 Å². The second-order valence-electron chi connectivity index (χ2n) is 4.58. The lowest BCUT2D eigenvalue weighted by Gasteiger charge is -2.20. The van der Waals surface area contributed by atoms with Crippen molar-refractivity contribution in [3.63, 3.8) is 0 Å². The Bertz CT molecular complexity index is 688. The van der Waals surface area contributed by atoms with Crippen LogP contribution in [-0.2, 0) is 14.4 Å². The van der Waals surface area contributed by atoms with Crippen LogP contribution < -0.4 is 14.2 Å². The van der Waals surface area contributed by atoms with E-state index in [1.54, 1.807) is 18.2 Å². The largest absolute Gasteiger partial charge is 0.493 e. The fourth-order valence-electron chi connectivity index (χ4n) is 2.02. The third-order valence-electron chi connectivity index (χ3n) is 3.16. The van der Waals surface area contributed by atoms with Crippen molar-refractivity contribution in [1.29, 1.82) is 0 Å². The third kappa shape index (κ3) is 3.88. The molecular formula is C16H16INO6. The Balaban J connectivity index is 2.24. The van der Waals surface area contributed by atoms with Crippen LogP contribution in [0.15, 0.2) is 27.9 Å². The number of imide groups is 1. The number of benzene rings is 1. The minimum Gasteiger partial charge on any atom is -0.493 e. The standard InChI is InChI=1S/C16H16INO6/c1-21-12-8-10(9-13(22-2)15(12)23-3)4-5-14(19)18-16(20)11(17)6-7-24-18/h4-6,8-9H,7H2,1-3H3/b5-4+. The van der Waals surface area contributed by atoms with Gasteiger partial charge in [-0.15, -0.1) is 5.06 Å². The Hall–Kier alpha value is -2.07. The first-order chi connectivity index (χ1) is 11.5. The third-order valence-corrected chi connectivity index (χ3v) is 4.06. The second kappa shape index (κ2) is 8.15. The molecule has 0 radical (unpaired) electrons. The lowest BCUT2D eigenvalue weighted by molar-refractivity contribution is -0.187. The maximum absolute atomic E-state index is 12.1. The predicted molar refractivity (Wildman–Crippen MR) is 95.0 cm³/mol. The molecule has 2 rings (SSSR count). The highest BCUT2D eigenvalue weighted by molar-refractivity contribution is 14.1. The van der Waals surface area contributed by atoms with Crippen LogP contribution in [0, 0.1) is 0 Å². The van der Waals surface area contributed by atoms with Crippen molar-refractivity contribution in [2.75, 3.05) is 27.9 Å². The molecule has 0 N–H and O–H groups in total. The van der Waals surface area contributed by atoms with E-state index in [9.17, 15) is 9.59 Å². The molecule has 1 aromatic carbocycles. The number of amides is 2. The number of halogens is 1. The zero-order valence-electron chi connectivity index (χ0n) is 13.4. The van der Waals surface area contributed by atoms with Gasteiger partial charge in [0.1, 0.15) is 0 Å². The van der Waals surface area contributed by atoms with Crippen molar-refractivity contribution in [2.24, 2.45) is 0 Å². The highest BCUT2D eigenvalue weighted by Crippen LogP contribution is 2.38. The molecular weight excluding hydrogens is 429 g/mol. The Kier molecular flexibility index (Phi) is 6.21. The molecule has 7 nitrogen and oxygen atoms in total. The zero-order valence-corrected chi connectivity index (χ0v) is 15.5. The van der Waals surface area contributed by atoms with Gasteiger partial charge in [-0.05, 0) is 52.4 Å². The van der Waals surface area contributed by atoms with Crippen LogP contribution in [-0.4, -0.2) is 44.8 Å². The first-order valence-electron chi connectivity index (χ1n) is 6.87. The van der Waals surface area contributed by atoms with Gasteiger partial charge in [-0.2, -0.15) is 0 Å². The first kappa shape index (κ1) is 18.3. The molecule has 128 valence electrons. The average Bonchev–Trinajstić information content (AvgIpc) is 2.60. The molecule has 0 saturated carbocycles. The summed E-state index contributed by atoms with van der Waals surface area (Å²) >= 11 is 1.86. The topological polar surface area (TPSA) is 74.3 Å². The van der Waals surface area contributed by atoms with Gasteiger partial charge in [0, 0.05) is 6.08 Å². The highest BCUT2D eigenvalue weighted by Gasteiger charge is 2.26. The maximum Gasteiger partial charge on any atom is 0.290 e. The van der Waals surface area contributed by atoms with Crippen LogP contribution >= 0.6 is 22.6 Å². The zero-order chi connectivity index (χ0) is 17.7. The van der Waals surface area contributed by atoms with Gasteiger partial charge in [-0.3, -0.25) is 14.4 Å². The van der Waals surface area contributed by atoms with E-state index in [1.807, 2.05) is 22.6 Å². The van der Waals surface area contributed by atoms with Crippen LogP contribution in [0.4, 0.5) is 0 Å². The number of ether oxygens (including phenoxy) is 3. The van der Waals surface area contributed by atoms with Crippen LogP contribution in [0.5, 0.6) is 17.2 Å². The monoisotopic (exact) mass is 445 g/mol. The minimum absolute atomic E-state index is 0.174. The van der Waals surface area contributed by atoms with Gasteiger partial charge in [0.15, 0.2) is 11.5 Å². The number of carbonyl (C=O) groups excluding carboxylic acids is 2. The summed E-state index contributed by atoms with van der Waals surface area (Å²) in [5, 5.41) is 0.732. The van der Waals surface area contributed by atoms with Gasteiger partial charge in [0.25, 0.3) is 11.8 Å². The summed E-state index contributed by atoms with van der Waals surface area (Å²) in [6.45, 7) is 0.174. The molecule has 1 aliphatic rings. The van der Waals surface area contributed by atoms with E-state index >= 15 is 0 Å². The smallest absolute Gasteiger partial charge is 0.290 e. The van der Waals surface area contributed by atoms with E-state index < -0.39 is 11.8 Å². The summed E-state index contributed by atoms with van der Waals surface area (Å²) in [5.74, 6) is 0.327. The second-order valence-corrected chi connectivity index (χ2v) is 5.74. The molecule has 0 saturated heterocycles. The van der Waals surface area contributed by atoms with Gasteiger partial charge >= 0.3 is 0 Å². The molecule has 24 heavy (non-hydrogen) atoms. The molecule has 1 aromatic rings. The summed E-state index contributed by atoms with van der Waals surface area (Å²) in [5.41, 5.74) is 0.646. The lowest BCUT2D eigenvalue weighted by Crippen LogP contribution is -2.38. The van der Waals surface area contributed by atoms with Crippen LogP contribution in [0.3, 0.4) is 0 Å². The van der Waals surface area contributed by atoms with Crippen molar-refractivity contribution < 1.29 is 28.6 Å². The van der Waals surface area contributed by atoms with Crippen LogP contribution in [0.2, 0.25) is 0 Å². The van der Waals surface area contributed by atoms with Crippen molar-refractivity contribution in [3.8, 4) is 17.2 Å². The quantitative estimate of drug-likeness (QED) is 0.512. The number of hydrogen-bond donors (Lipinski definition) is 0. The summed E-state index contributed by atoms with van der Waals surface area (Å²) in [7, 11) is 4.52. The molecule has 8 heteroatoms. The van der Waals surface area contributed by atoms with Crippen LogP contribution in [0.25, 0.3) is 6.08 Å². The molecule has 0 fully saturated rings. The van der Waals surface area contributed by atoms with Crippen molar-refractivity contribution >= 4 is 40.5 Å². The number of nitrogens with zero attached hydrogens (tertiary/aromatic N) is 1. The first-order valence-corrected chi connectivity index (χ1v) is 7.94. The van der Waals surface area contributed by atoms with Crippen LogP contribution in [0.1, 0.15) is 5.56 Å².